The molecule has 1 amide bonds. The number of aromatic nitrogens is 1. The quantitative estimate of drug-likeness (QED) is 0.665. The summed E-state index contributed by atoms with van der Waals surface area (Å²) in [6, 6.07) is 2.90. The summed E-state index contributed by atoms with van der Waals surface area (Å²) >= 11 is 0. The molecule has 0 aliphatic heterocycles. The van der Waals surface area contributed by atoms with Crippen molar-refractivity contribution in [3.05, 3.63) is 28.7 Å². The van der Waals surface area contributed by atoms with Gasteiger partial charge in [0.15, 0.2) is 12.4 Å². The number of rotatable bonds is 8. The van der Waals surface area contributed by atoms with Gasteiger partial charge in [0.1, 0.15) is 6.54 Å². The van der Waals surface area contributed by atoms with Crippen molar-refractivity contribution in [3.63, 3.8) is 0 Å². The lowest BCUT2D eigenvalue weighted by Gasteiger charge is -2.08. The number of hydrogen-bond acceptors (Lipinski definition) is 4. The molecule has 7 heteroatoms. The number of aliphatic carboxylic acids is 1. The molecule has 0 aliphatic carbocycles. The van der Waals surface area contributed by atoms with Crippen LogP contribution in [0.15, 0.2) is 23.1 Å². The summed E-state index contributed by atoms with van der Waals surface area (Å²) in [5, 5.41) is 11.3. The van der Waals surface area contributed by atoms with Crippen molar-refractivity contribution in [2.24, 2.45) is 0 Å². The Labute approximate surface area is 116 Å². The van der Waals surface area contributed by atoms with Crippen molar-refractivity contribution in [1.82, 2.24) is 9.88 Å². The number of nitrogens with one attached hydrogen (secondary N) is 1. The van der Waals surface area contributed by atoms with E-state index in [0.29, 0.717) is 6.54 Å². The summed E-state index contributed by atoms with van der Waals surface area (Å²) in [5.41, 5.74) is -0.573. The Balaban J connectivity index is 2.58. The van der Waals surface area contributed by atoms with E-state index < -0.39 is 18.1 Å². The molecule has 0 fully saturated rings. The Bertz CT molecular complexity index is 524. The van der Waals surface area contributed by atoms with Crippen LogP contribution in [0.25, 0.3) is 0 Å². The molecule has 110 valence electrons. The Morgan fingerprint density at radius 3 is 2.85 bits per heavy atom. The molecule has 1 aromatic rings. The minimum Gasteiger partial charge on any atom is -0.480 e. The van der Waals surface area contributed by atoms with Gasteiger partial charge in [-0.2, -0.15) is 0 Å². The second-order valence-electron chi connectivity index (χ2n) is 4.19. The number of carbonyl (C=O) groups is 2. The third-order valence-electron chi connectivity index (χ3n) is 2.50. The lowest BCUT2D eigenvalue weighted by Crippen LogP contribution is -2.31. The first-order valence-corrected chi connectivity index (χ1v) is 6.35. The first-order chi connectivity index (χ1) is 9.54. The van der Waals surface area contributed by atoms with Gasteiger partial charge in [0.05, 0.1) is 0 Å². The van der Waals surface area contributed by atoms with Gasteiger partial charge in [-0.15, -0.1) is 0 Å². The molecule has 20 heavy (non-hydrogen) atoms. The first kappa shape index (κ1) is 15.7. The summed E-state index contributed by atoms with van der Waals surface area (Å²) in [6.45, 7) is 1.86. The highest BCUT2D eigenvalue weighted by atomic mass is 16.5. The van der Waals surface area contributed by atoms with Crippen molar-refractivity contribution in [2.75, 3.05) is 13.2 Å². The van der Waals surface area contributed by atoms with Gasteiger partial charge < -0.3 is 19.7 Å². The summed E-state index contributed by atoms with van der Waals surface area (Å²) in [5.74, 6) is -1.48. The predicted octanol–water partition coefficient (Wildman–Crippen LogP) is 0.228. The second kappa shape index (κ2) is 7.98. The number of carbonyl (C=O) groups excluding carboxylic acids is 1. The number of hydrogen-bond donors (Lipinski definition) is 2. The molecule has 1 rings (SSSR count). The van der Waals surface area contributed by atoms with Crippen LogP contribution in [0.1, 0.15) is 19.8 Å². The average Bonchev–Trinajstić information content (AvgIpc) is 2.39. The molecule has 0 spiro atoms. The zero-order valence-corrected chi connectivity index (χ0v) is 11.3. The van der Waals surface area contributed by atoms with E-state index in [2.05, 4.69) is 5.32 Å². The van der Waals surface area contributed by atoms with Crippen LogP contribution in [0, 0.1) is 0 Å². The lowest BCUT2D eigenvalue weighted by molar-refractivity contribution is -0.137. The van der Waals surface area contributed by atoms with Gasteiger partial charge in [-0.3, -0.25) is 14.4 Å². The fourth-order valence-electron chi connectivity index (χ4n) is 1.49. The van der Waals surface area contributed by atoms with Crippen molar-refractivity contribution in [1.29, 1.82) is 0 Å². The monoisotopic (exact) mass is 282 g/mol. The van der Waals surface area contributed by atoms with E-state index >= 15 is 0 Å². The maximum absolute atomic E-state index is 11.8. The third-order valence-corrected chi connectivity index (χ3v) is 2.50. The lowest BCUT2D eigenvalue weighted by atomic mass is 10.3. The van der Waals surface area contributed by atoms with Crippen molar-refractivity contribution in [2.45, 2.75) is 26.3 Å². The van der Waals surface area contributed by atoms with Crippen LogP contribution < -0.4 is 15.6 Å². The smallest absolute Gasteiger partial charge is 0.323 e. The molecule has 0 saturated carbocycles. The molecular formula is C13H18N2O5. The number of unbranched alkanes of at least 4 members (excludes halogenated alkanes) is 1. The summed E-state index contributed by atoms with van der Waals surface area (Å²) in [6.07, 6.45) is 3.20. The minimum absolute atomic E-state index is 0.0422. The summed E-state index contributed by atoms with van der Waals surface area (Å²) in [7, 11) is 0. The molecule has 7 nitrogen and oxygen atoms in total. The summed E-state index contributed by atoms with van der Waals surface area (Å²) < 4.78 is 6.12. The van der Waals surface area contributed by atoms with Crippen LogP contribution in [-0.2, 0) is 16.1 Å². The zero-order chi connectivity index (χ0) is 15.0. The molecular weight excluding hydrogens is 264 g/mol. The molecule has 0 radical (unpaired) electrons. The number of pyridine rings is 1. The zero-order valence-electron chi connectivity index (χ0n) is 11.3. The van der Waals surface area contributed by atoms with E-state index in [-0.39, 0.29) is 18.3 Å². The molecule has 1 aromatic heterocycles. The molecule has 0 aliphatic rings. The van der Waals surface area contributed by atoms with Crippen molar-refractivity contribution < 1.29 is 19.4 Å². The Kier molecular flexibility index (Phi) is 6.28. The van der Waals surface area contributed by atoms with Gasteiger partial charge in [-0.1, -0.05) is 13.3 Å². The highest BCUT2D eigenvalue weighted by molar-refractivity contribution is 5.77. The van der Waals surface area contributed by atoms with Crippen molar-refractivity contribution >= 4 is 11.9 Å². The van der Waals surface area contributed by atoms with Crippen LogP contribution >= 0.6 is 0 Å². The van der Waals surface area contributed by atoms with E-state index in [1.165, 1.54) is 18.3 Å². The van der Waals surface area contributed by atoms with Crippen LogP contribution in [0.4, 0.5) is 0 Å². The average molecular weight is 282 g/mol. The standard InChI is InChI=1S/C13H18N2O5/c1-2-3-6-14-11(16)9-20-10-5-4-7-15(13(10)19)8-12(17)18/h4-5,7H,2-3,6,8-9H2,1H3,(H,14,16)(H,17,18). The third kappa shape index (κ3) is 5.13. The van der Waals surface area contributed by atoms with Crippen molar-refractivity contribution in [3.8, 4) is 5.75 Å². The summed E-state index contributed by atoms with van der Waals surface area (Å²) in [4.78, 5) is 33.8. The minimum atomic E-state index is -1.12. The number of carboxylic acids is 1. The molecule has 0 aromatic carbocycles. The van der Waals surface area contributed by atoms with E-state index in [1.807, 2.05) is 6.92 Å². The van der Waals surface area contributed by atoms with Crippen LogP contribution in [0.2, 0.25) is 0 Å². The molecule has 0 saturated heterocycles. The number of nitrogens with zero attached hydrogens (tertiary/aromatic N) is 1. The fraction of sp³-hybridized carbons (Fsp3) is 0.462. The van der Waals surface area contributed by atoms with Gasteiger partial charge in [0.2, 0.25) is 0 Å². The van der Waals surface area contributed by atoms with Crippen LogP contribution in [0.3, 0.4) is 0 Å². The number of carboxylic acid groups (broad SMARTS) is 1. The van der Waals surface area contributed by atoms with Gasteiger partial charge in [-0.05, 0) is 18.6 Å². The second-order valence-corrected chi connectivity index (χ2v) is 4.19. The normalized spacial score (nSPS) is 10.1. The number of ether oxygens (including phenoxy) is 1. The highest BCUT2D eigenvalue weighted by Crippen LogP contribution is 2.01. The van der Waals surface area contributed by atoms with E-state index in [9.17, 15) is 14.4 Å². The molecule has 1 heterocycles. The van der Waals surface area contributed by atoms with Crippen LogP contribution in [-0.4, -0.2) is 34.7 Å². The largest absolute Gasteiger partial charge is 0.480 e. The molecule has 0 unspecified atom stereocenters. The van der Waals surface area contributed by atoms with E-state index in [0.717, 1.165) is 17.4 Å². The first-order valence-electron chi connectivity index (χ1n) is 6.35. The Morgan fingerprint density at radius 2 is 2.20 bits per heavy atom. The molecule has 0 bridgehead atoms. The van der Waals surface area contributed by atoms with E-state index in [4.69, 9.17) is 9.84 Å². The highest BCUT2D eigenvalue weighted by Gasteiger charge is 2.09. The van der Waals surface area contributed by atoms with E-state index in [1.54, 1.807) is 0 Å². The SMILES string of the molecule is CCCCNC(=O)COc1cccn(CC(=O)O)c1=O. The van der Waals surface area contributed by atoms with Gasteiger partial charge in [-0.25, -0.2) is 0 Å². The molecule has 2 N–H and O–H groups in total. The predicted molar refractivity (Wildman–Crippen MR) is 71.8 cm³/mol. The van der Waals surface area contributed by atoms with Crippen LogP contribution in [0.5, 0.6) is 5.75 Å². The maximum Gasteiger partial charge on any atom is 0.323 e. The Hall–Kier alpha value is -2.31. The van der Waals surface area contributed by atoms with Gasteiger partial charge >= 0.3 is 5.97 Å². The van der Waals surface area contributed by atoms with Gasteiger partial charge in [0.25, 0.3) is 11.5 Å². The fourth-order valence-corrected chi connectivity index (χ4v) is 1.49. The maximum atomic E-state index is 11.8. The molecule has 0 atom stereocenters. The Morgan fingerprint density at radius 1 is 1.45 bits per heavy atom. The number of amides is 1. The topological polar surface area (TPSA) is 97.6 Å². The van der Waals surface area contributed by atoms with Gasteiger partial charge in [0, 0.05) is 12.7 Å².